The third kappa shape index (κ3) is 3.32. The van der Waals surface area contributed by atoms with E-state index in [0.29, 0.717) is 12.2 Å². The van der Waals surface area contributed by atoms with Crippen LogP contribution in [0.5, 0.6) is 5.75 Å². The molecule has 0 spiro atoms. The molecular formula is C14H19NO3. The number of carbonyl (C=O) groups is 2. The van der Waals surface area contributed by atoms with Crippen LogP contribution in [0.1, 0.15) is 38.8 Å². The first-order chi connectivity index (χ1) is 8.70. The summed E-state index contributed by atoms with van der Waals surface area (Å²) in [6.45, 7) is 5.47. The Labute approximate surface area is 107 Å². The molecule has 1 aromatic carbocycles. The molecule has 2 rings (SSSR count). The van der Waals surface area contributed by atoms with Gasteiger partial charge in [-0.3, -0.25) is 9.59 Å². The van der Waals surface area contributed by atoms with Gasteiger partial charge >= 0.3 is 0 Å². The summed E-state index contributed by atoms with van der Waals surface area (Å²) in [6.07, 6.45) is 0.775. The van der Waals surface area contributed by atoms with Crippen LogP contribution in [0.15, 0.2) is 24.3 Å². The van der Waals surface area contributed by atoms with E-state index in [0.717, 1.165) is 11.8 Å². The van der Waals surface area contributed by atoms with Crippen molar-refractivity contribution < 1.29 is 14.3 Å². The summed E-state index contributed by atoms with van der Waals surface area (Å²) in [5.41, 5.74) is 0.927. The topological polar surface area (TPSA) is 55.4 Å². The Morgan fingerprint density at radius 1 is 1.39 bits per heavy atom. The Balaban J connectivity index is 0.000000771. The van der Waals surface area contributed by atoms with E-state index in [1.165, 1.54) is 6.92 Å². The first-order valence-corrected chi connectivity index (χ1v) is 6.18. The van der Waals surface area contributed by atoms with Crippen molar-refractivity contribution in [3.8, 4) is 5.75 Å². The van der Waals surface area contributed by atoms with Gasteiger partial charge in [0.2, 0.25) is 5.91 Å². The zero-order valence-electron chi connectivity index (χ0n) is 11.0. The molecule has 0 aliphatic carbocycles. The van der Waals surface area contributed by atoms with E-state index < -0.39 is 6.10 Å². The molecule has 2 atom stereocenters. The monoisotopic (exact) mass is 249 g/mol. The van der Waals surface area contributed by atoms with Gasteiger partial charge in [-0.15, -0.1) is 0 Å². The molecular weight excluding hydrogens is 230 g/mol. The summed E-state index contributed by atoms with van der Waals surface area (Å²) in [5, 5.41) is 2.82. The molecule has 1 aromatic rings. The number of carbonyl (C=O) groups excluding carboxylic acids is 2. The van der Waals surface area contributed by atoms with Crippen LogP contribution in [0.25, 0.3) is 0 Å². The lowest BCUT2D eigenvalue weighted by Crippen LogP contribution is -2.35. The minimum atomic E-state index is -0.480. The van der Waals surface area contributed by atoms with Crippen molar-refractivity contribution in [3.05, 3.63) is 29.8 Å². The summed E-state index contributed by atoms with van der Waals surface area (Å²) in [6, 6.07) is 7.30. The van der Waals surface area contributed by atoms with Crippen molar-refractivity contribution in [2.75, 3.05) is 0 Å². The van der Waals surface area contributed by atoms with Crippen LogP contribution in [0.3, 0.4) is 0 Å². The average Bonchev–Trinajstić information content (AvgIpc) is 2.40. The van der Waals surface area contributed by atoms with Crippen molar-refractivity contribution >= 4 is 12.2 Å². The fraction of sp³-hybridized carbons (Fsp3) is 0.429. The lowest BCUT2D eigenvalue weighted by molar-refractivity contribution is -0.121. The molecule has 0 aromatic heterocycles. The van der Waals surface area contributed by atoms with Gasteiger partial charge in [-0.1, -0.05) is 32.0 Å². The maximum atomic E-state index is 11.1. The van der Waals surface area contributed by atoms with Gasteiger partial charge in [-0.25, -0.2) is 0 Å². The Hall–Kier alpha value is -1.84. The molecule has 1 N–H and O–H groups in total. The molecule has 0 saturated carbocycles. The second-order valence-corrected chi connectivity index (χ2v) is 3.82. The highest BCUT2D eigenvalue weighted by Crippen LogP contribution is 2.33. The van der Waals surface area contributed by atoms with Crippen LogP contribution in [0.2, 0.25) is 0 Å². The fourth-order valence-corrected chi connectivity index (χ4v) is 1.91. The first-order valence-electron chi connectivity index (χ1n) is 6.18. The molecule has 4 nitrogen and oxygen atoms in total. The molecule has 0 radical (unpaired) electrons. The third-order valence-electron chi connectivity index (χ3n) is 2.57. The summed E-state index contributed by atoms with van der Waals surface area (Å²) in [4.78, 5) is 21.8. The van der Waals surface area contributed by atoms with E-state index in [9.17, 15) is 9.59 Å². The number of nitrogens with one attached hydrogen (secondary N) is 1. The zero-order valence-corrected chi connectivity index (χ0v) is 11.0. The number of aldehydes is 1. The predicted octanol–water partition coefficient (Wildman–Crippen LogP) is 2.24. The lowest BCUT2D eigenvalue weighted by atomic mass is 9.97. The molecule has 2 unspecified atom stereocenters. The maximum absolute atomic E-state index is 11.1. The van der Waals surface area contributed by atoms with Crippen molar-refractivity contribution in [1.82, 2.24) is 5.32 Å². The SMILES string of the molecule is CC.CC(=O)NC1CC(C=O)Oc2ccccc21. The highest BCUT2D eigenvalue weighted by Gasteiger charge is 2.27. The Morgan fingerprint density at radius 2 is 2.06 bits per heavy atom. The average molecular weight is 249 g/mol. The third-order valence-corrected chi connectivity index (χ3v) is 2.57. The highest BCUT2D eigenvalue weighted by atomic mass is 16.5. The van der Waals surface area contributed by atoms with Crippen molar-refractivity contribution in [2.45, 2.75) is 39.3 Å². The summed E-state index contributed by atoms with van der Waals surface area (Å²) >= 11 is 0. The van der Waals surface area contributed by atoms with Crippen LogP contribution in [-0.2, 0) is 9.59 Å². The summed E-state index contributed by atoms with van der Waals surface area (Å²) < 4.78 is 5.47. The van der Waals surface area contributed by atoms with Crippen LogP contribution in [0, 0.1) is 0 Å². The molecule has 1 aliphatic heterocycles. The number of benzene rings is 1. The van der Waals surface area contributed by atoms with E-state index in [-0.39, 0.29) is 11.9 Å². The predicted molar refractivity (Wildman–Crippen MR) is 69.4 cm³/mol. The number of hydrogen-bond donors (Lipinski definition) is 1. The van der Waals surface area contributed by atoms with Gasteiger partial charge in [-0.05, 0) is 6.07 Å². The highest BCUT2D eigenvalue weighted by molar-refractivity contribution is 5.74. The van der Waals surface area contributed by atoms with Crippen molar-refractivity contribution in [2.24, 2.45) is 0 Å². The van der Waals surface area contributed by atoms with Crippen LogP contribution >= 0.6 is 0 Å². The normalized spacial score (nSPS) is 20.6. The molecule has 98 valence electrons. The van der Waals surface area contributed by atoms with Crippen molar-refractivity contribution in [1.29, 1.82) is 0 Å². The second-order valence-electron chi connectivity index (χ2n) is 3.82. The Bertz CT molecular complexity index is 417. The van der Waals surface area contributed by atoms with Crippen LogP contribution < -0.4 is 10.1 Å². The molecule has 1 aliphatic rings. The number of ether oxygens (including phenoxy) is 1. The molecule has 1 heterocycles. The van der Waals surface area contributed by atoms with E-state index in [4.69, 9.17) is 4.74 Å². The first kappa shape index (κ1) is 14.2. The fourth-order valence-electron chi connectivity index (χ4n) is 1.91. The van der Waals surface area contributed by atoms with Crippen LogP contribution in [-0.4, -0.2) is 18.3 Å². The number of para-hydroxylation sites is 1. The summed E-state index contributed by atoms with van der Waals surface area (Å²) in [5.74, 6) is 0.566. The second kappa shape index (κ2) is 6.79. The van der Waals surface area contributed by atoms with Gasteiger partial charge < -0.3 is 10.1 Å². The Kier molecular flexibility index (Phi) is 5.36. The molecule has 18 heavy (non-hydrogen) atoms. The van der Waals surface area contributed by atoms with Gasteiger partial charge in [0.1, 0.15) is 5.75 Å². The van der Waals surface area contributed by atoms with E-state index in [2.05, 4.69) is 5.32 Å². The maximum Gasteiger partial charge on any atom is 0.217 e. The van der Waals surface area contributed by atoms with Crippen molar-refractivity contribution in [3.63, 3.8) is 0 Å². The van der Waals surface area contributed by atoms with Gasteiger partial charge in [0, 0.05) is 18.9 Å². The molecule has 0 bridgehead atoms. The van der Waals surface area contributed by atoms with Gasteiger partial charge in [0.15, 0.2) is 12.4 Å². The standard InChI is InChI=1S/C12H13NO3.C2H6/c1-8(15)13-11-6-9(7-14)16-12-5-3-2-4-10(11)12;1-2/h2-5,7,9,11H,6H2,1H3,(H,13,15);1-2H3. The number of amides is 1. The zero-order chi connectivity index (χ0) is 13.5. The largest absolute Gasteiger partial charge is 0.483 e. The molecule has 0 saturated heterocycles. The van der Waals surface area contributed by atoms with E-state index in [1.54, 1.807) is 6.07 Å². The Morgan fingerprint density at radius 3 is 2.67 bits per heavy atom. The smallest absolute Gasteiger partial charge is 0.217 e. The lowest BCUT2D eigenvalue weighted by Gasteiger charge is -2.29. The van der Waals surface area contributed by atoms with Crippen LogP contribution in [0.4, 0.5) is 0 Å². The minimum Gasteiger partial charge on any atom is -0.483 e. The van der Waals surface area contributed by atoms with E-state index in [1.807, 2.05) is 32.0 Å². The molecule has 1 amide bonds. The molecule has 0 fully saturated rings. The number of hydrogen-bond acceptors (Lipinski definition) is 3. The van der Waals surface area contributed by atoms with E-state index >= 15 is 0 Å². The quantitative estimate of drug-likeness (QED) is 0.818. The number of rotatable bonds is 2. The number of fused-ring (bicyclic) bond motifs is 1. The molecule has 4 heteroatoms. The van der Waals surface area contributed by atoms with Gasteiger partial charge in [0.25, 0.3) is 0 Å². The van der Waals surface area contributed by atoms with Gasteiger partial charge in [-0.2, -0.15) is 0 Å². The minimum absolute atomic E-state index is 0.105. The van der Waals surface area contributed by atoms with Gasteiger partial charge in [0.05, 0.1) is 6.04 Å². The summed E-state index contributed by atoms with van der Waals surface area (Å²) in [7, 11) is 0.